The van der Waals surface area contributed by atoms with Crippen LogP contribution in [0.5, 0.6) is 0 Å². The summed E-state index contributed by atoms with van der Waals surface area (Å²) in [5.41, 5.74) is 4.54. The molecule has 0 atom stereocenters. The zero-order valence-electron chi connectivity index (χ0n) is 18.8. The summed E-state index contributed by atoms with van der Waals surface area (Å²) in [4.78, 5) is 12.9. The van der Waals surface area contributed by atoms with Gasteiger partial charge in [0.25, 0.3) is 10.0 Å². The van der Waals surface area contributed by atoms with E-state index in [0.29, 0.717) is 12.2 Å². The average molecular weight is 451 g/mol. The Bertz CT molecular complexity index is 1140. The Morgan fingerprint density at radius 2 is 1.47 bits per heavy atom. The van der Waals surface area contributed by atoms with E-state index in [1.165, 1.54) is 9.87 Å². The van der Waals surface area contributed by atoms with Crippen molar-refractivity contribution in [1.82, 2.24) is 5.32 Å². The maximum absolute atomic E-state index is 13.5. The van der Waals surface area contributed by atoms with Crippen LogP contribution in [0.25, 0.3) is 0 Å². The molecule has 0 radical (unpaired) electrons. The highest BCUT2D eigenvalue weighted by atomic mass is 32.2. The van der Waals surface area contributed by atoms with Crippen LogP contribution in [-0.2, 0) is 21.2 Å². The van der Waals surface area contributed by atoms with Crippen molar-refractivity contribution in [3.63, 3.8) is 0 Å². The van der Waals surface area contributed by atoms with E-state index in [-0.39, 0.29) is 17.3 Å². The molecule has 0 spiro atoms. The van der Waals surface area contributed by atoms with Gasteiger partial charge in [0.05, 0.1) is 10.6 Å². The summed E-state index contributed by atoms with van der Waals surface area (Å²) in [5, 5.41) is 2.87. The van der Waals surface area contributed by atoms with E-state index in [4.69, 9.17) is 0 Å². The second-order valence-electron chi connectivity index (χ2n) is 8.11. The first-order valence-electron chi connectivity index (χ1n) is 10.7. The van der Waals surface area contributed by atoms with Gasteiger partial charge in [-0.3, -0.25) is 9.10 Å². The van der Waals surface area contributed by atoms with Gasteiger partial charge in [0.1, 0.15) is 6.54 Å². The zero-order valence-corrected chi connectivity index (χ0v) is 19.7. The lowest BCUT2D eigenvalue weighted by molar-refractivity contribution is -0.119. The maximum Gasteiger partial charge on any atom is 0.264 e. The lowest BCUT2D eigenvalue weighted by Crippen LogP contribution is -2.41. The Morgan fingerprint density at radius 1 is 0.844 bits per heavy atom. The van der Waals surface area contributed by atoms with Crippen molar-refractivity contribution in [2.75, 3.05) is 17.4 Å². The molecule has 168 valence electrons. The van der Waals surface area contributed by atoms with E-state index in [1.807, 2.05) is 45.0 Å². The summed E-state index contributed by atoms with van der Waals surface area (Å²) in [6.07, 6.45) is 1.63. The van der Waals surface area contributed by atoms with Crippen LogP contribution < -0.4 is 9.62 Å². The number of nitrogens with zero attached hydrogens (tertiary/aromatic N) is 1. The second-order valence-corrected chi connectivity index (χ2v) is 9.97. The van der Waals surface area contributed by atoms with E-state index in [1.54, 1.807) is 36.4 Å². The van der Waals surface area contributed by atoms with Crippen molar-refractivity contribution in [2.24, 2.45) is 0 Å². The topological polar surface area (TPSA) is 66.5 Å². The van der Waals surface area contributed by atoms with Crippen LogP contribution in [0.3, 0.4) is 0 Å². The minimum absolute atomic E-state index is 0.166. The van der Waals surface area contributed by atoms with E-state index in [2.05, 4.69) is 17.4 Å². The summed E-state index contributed by atoms with van der Waals surface area (Å²) in [7, 11) is -3.90. The summed E-state index contributed by atoms with van der Waals surface area (Å²) < 4.78 is 28.1. The van der Waals surface area contributed by atoms with Gasteiger partial charge in [-0.05, 0) is 74.6 Å². The largest absolute Gasteiger partial charge is 0.355 e. The number of hydrogen-bond acceptors (Lipinski definition) is 3. The van der Waals surface area contributed by atoms with Gasteiger partial charge in [0.15, 0.2) is 0 Å². The van der Waals surface area contributed by atoms with Gasteiger partial charge in [-0.2, -0.15) is 0 Å². The second kappa shape index (κ2) is 10.5. The van der Waals surface area contributed by atoms with Gasteiger partial charge < -0.3 is 5.32 Å². The Hall–Kier alpha value is -3.12. The molecule has 1 N–H and O–H groups in total. The van der Waals surface area contributed by atoms with E-state index in [0.717, 1.165) is 29.5 Å². The number of amides is 1. The number of aryl methyl sites for hydroxylation is 4. The number of benzene rings is 3. The van der Waals surface area contributed by atoms with Crippen molar-refractivity contribution in [1.29, 1.82) is 0 Å². The first-order valence-corrected chi connectivity index (χ1v) is 12.2. The number of rotatable bonds is 9. The Labute approximate surface area is 191 Å². The molecule has 0 fully saturated rings. The normalized spacial score (nSPS) is 11.2. The Morgan fingerprint density at radius 3 is 2.09 bits per heavy atom. The fraction of sp³-hybridized carbons (Fsp3) is 0.269. The van der Waals surface area contributed by atoms with Crippen LogP contribution in [0.2, 0.25) is 0 Å². The fourth-order valence-corrected chi connectivity index (χ4v) is 5.00. The standard InChI is InChI=1S/C26H30N2O3S/c1-20-11-13-25(14-12-20)32(30,31)28(24-17-21(2)16-22(3)18-24)19-26(29)27-15-7-10-23-8-5-4-6-9-23/h4-6,8-9,11-14,16-18H,7,10,15,19H2,1-3H3,(H,27,29). The third-order valence-corrected chi connectivity index (χ3v) is 6.99. The molecular weight excluding hydrogens is 420 g/mol. The molecule has 0 aliphatic heterocycles. The maximum atomic E-state index is 13.5. The van der Waals surface area contributed by atoms with E-state index >= 15 is 0 Å². The molecule has 0 unspecified atom stereocenters. The molecule has 0 saturated carbocycles. The van der Waals surface area contributed by atoms with Crippen LogP contribution in [0.4, 0.5) is 5.69 Å². The van der Waals surface area contributed by atoms with Crippen LogP contribution >= 0.6 is 0 Å². The van der Waals surface area contributed by atoms with Crippen LogP contribution in [-0.4, -0.2) is 27.4 Å². The minimum Gasteiger partial charge on any atom is -0.355 e. The predicted octanol–water partition coefficient (Wildman–Crippen LogP) is 4.56. The predicted molar refractivity (Wildman–Crippen MR) is 129 cm³/mol. The smallest absolute Gasteiger partial charge is 0.264 e. The molecule has 5 nitrogen and oxygen atoms in total. The third-order valence-electron chi connectivity index (χ3n) is 5.20. The van der Waals surface area contributed by atoms with Crippen molar-refractivity contribution >= 4 is 21.6 Å². The molecule has 3 rings (SSSR count). The van der Waals surface area contributed by atoms with Crippen molar-refractivity contribution < 1.29 is 13.2 Å². The molecule has 3 aromatic rings. The van der Waals surface area contributed by atoms with Gasteiger partial charge in [-0.15, -0.1) is 0 Å². The van der Waals surface area contributed by atoms with E-state index < -0.39 is 10.0 Å². The highest BCUT2D eigenvalue weighted by Gasteiger charge is 2.27. The number of anilines is 1. The molecule has 0 heterocycles. The number of hydrogen-bond donors (Lipinski definition) is 1. The number of carbonyl (C=O) groups is 1. The first kappa shape index (κ1) is 23.5. The lowest BCUT2D eigenvalue weighted by Gasteiger charge is -2.25. The molecule has 0 saturated heterocycles. The van der Waals surface area contributed by atoms with Crippen LogP contribution in [0.1, 0.15) is 28.7 Å². The molecule has 0 aromatic heterocycles. The highest BCUT2D eigenvalue weighted by molar-refractivity contribution is 7.92. The highest BCUT2D eigenvalue weighted by Crippen LogP contribution is 2.26. The van der Waals surface area contributed by atoms with Crippen LogP contribution in [0.15, 0.2) is 77.7 Å². The lowest BCUT2D eigenvalue weighted by atomic mass is 10.1. The number of carbonyl (C=O) groups excluding carboxylic acids is 1. The molecule has 6 heteroatoms. The average Bonchev–Trinajstić information content (AvgIpc) is 2.75. The van der Waals surface area contributed by atoms with Gasteiger partial charge >= 0.3 is 0 Å². The summed E-state index contributed by atoms with van der Waals surface area (Å²) >= 11 is 0. The summed E-state index contributed by atoms with van der Waals surface area (Å²) in [6, 6.07) is 22.3. The van der Waals surface area contributed by atoms with Crippen molar-refractivity contribution in [3.8, 4) is 0 Å². The summed E-state index contributed by atoms with van der Waals surface area (Å²) in [5.74, 6) is -0.326. The number of nitrogens with one attached hydrogen (secondary N) is 1. The minimum atomic E-state index is -3.90. The molecule has 0 bridgehead atoms. The Kier molecular flexibility index (Phi) is 7.70. The van der Waals surface area contributed by atoms with Gasteiger partial charge in [0.2, 0.25) is 5.91 Å². The molecule has 0 aliphatic rings. The Balaban J connectivity index is 1.76. The monoisotopic (exact) mass is 450 g/mol. The number of sulfonamides is 1. The van der Waals surface area contributed by atoms with E-state index in [9.17, 15) is 13.2 Å². The molecule has 0 aliphatic carbocycles. The molecule has 1 amide bonds. The fourth-order valence-electron chi connectivity index (χ4n) is 3.60. The quantitative estimate of drug-likeness (QED) is 0.486. The molecule has 3 aromatic carbocycles. The molecular formula is C26H30N2O3S. The van der Waals surface area contributed by atoms with Crippen molar-refractivity contribution in [3.05, 3.63) is 95.1 Å². The zero-order chi connectivity index (χ0) is 23.1. The first-order chi connectivity index (χ1) is 15.3. The van der Waals surface area contributed by atoms with Crippen molar-refractivity contribution in [2.45, 2.75) is 38.5 Å². The summed E-state index contributed by atoms with van der Waals surface area (Å²) in [6.45, 7) is 5.94. The van der Waals surface area contributed by atoms with Crippen LogP contribution in [0, 0.1) is 20.8 Å². The van der Waals surface area contributed by atoms with Gasteiger partial charge in [-0.1, -0.05) is 54.1 Å². The van der Waals surface area contributed by atoms with Gasteiger partial charge in [0, 0.05) is 6.54 Å². The molecule has 32 heavy (non-hydrogen) atoms. The van der Waals surface area contributed by atoms with Gasteiger partial charge in [-0.25, -0.2) is 8.42 Å². The third kappa shape index (κ3) is 6.20. The SMILES string of the molecule is Cc1ccc(S(=O)(=O)N(CC(=O)NCCCc2ccccc2)c2cc(C)cc(C)c2)cc1.